The van der Waals surface area contributed by atoms with E-state index in [1.54, 1.807) is 36.4 Å². The van der Waals surface area contributed by atoms with E-state index in [-0.39, 0.29) is 5.57 Å². The van der Waals surface area contributed by atoms with Crippen molar-refractivity contribution in [1.29, 1.82) is 5.26 Å². The second-order valence-corrected chi connectivity index (χ2v) is 5.02. The van der Waals surface area contributed by atoms with Gasteiger partial charge in [0.1, 0.15) is 29.0 Å². The molecule has 1 amide bonds. The highest BCUT2D eigenvalue weighted by Gasteiger charge is 2.10. The molecule has 2 aromatic rings. The number of ether oxygens (including phenoxy) is 1. The minimum Gasteiger partial charge on any atom is -0.457 e. The van der Waals surface area contributed by atoms with Crippen LogP contribution in [-0.4, -0.2) is 12.5 Å². The average molecular weight is 324 g/mol. The summed E-state index contributed by atoms with van der Waals surface area (Å²) in [6.07, 6.45) is 2.24. The molecule has 0 heterocycles. The second kappa shape index (κ2) is 8.49. The van der Waals surface area contributed by atoms with Crippen molar-refractivity contribution < 1.29 is 13.9 Å². The third-order valence-electron chi connectivity index (χ3n) is 3.14. The Labute approximate surface area is 140 Å². The smallest absolute Gasteiger partial charge is 0.261 e. The molecule has 0 saturated carbocycles. The van der Waals surface area contributed by atoms with Crippen LogP contribution in [0.1, 0.15) is 18.9 Å². The number of nitrogens with one attached hydrogen (secondary N) is 1. The van der Waals surface area contributed by atoms with Crippen LogP contribution in [0, 0.1) is 17.1 Å². The van der Waals surface area contributed by atoms with Crippen LogP contribution in [0.15, 0.2) is 54.1 Å². The number of nitriles is 1. The summed E-state index contributed by atoms with van der Waals surface area (Å²) in [4.78, 5) is 12.0. The van der Waals surface area contributed by atoms with E-state index in [1.165, 1.54) is 18.2 Å². The molecule has 122 valence electrons. The molecule has 0 aliphatic carbocycles. The number of amides is 1. The van der Waals surface area contributed by atoms with E-state index in [0.29, 0.717) is 23.6 Å². The van der Waals surface area contributed by atoms with Gasteiger partial charge in [-0.1, -0.05) is 31.2 Å². The van der Waals surface area contributed by atoms with Gasteiger partial charge in [0.05, 0.1) is 0 Å². The lowest BCUT2D eigenvalue weighted by Crippen LogP contribution is -2.25. The molecular weight excluding hydrogens is 307 g/mol. The summed E-state index contributed by atoms with van der Waals surface area (Å²) in [6, 6.07) is 14.6. The zero-order valence-corrected chi connectivity index (χ0v) is 13.3. The number of benzene rings is 2. The Kier molecular flexibility index (Phi) is 6.09. The first-order valence-electron chi connectivity index (χ1n) is 7.56. The molecule has 0 radical (unpaired) electrons. The van der Waals surface area contributed by atoms with Gasteiger partial charge in [-0.3, -0.25) is 4.79 Å². The molecule has 2 aromatic carbocycles. The van der Waals surface area contributed by atoms with Gasteiger partial charge in [0.2, 0.25) is 0 Å². The molecule has 0 unspecified atom stereocenters. The molecule has 4 nitrogen and oxygen atoms in total. The van der Waals surface area contributed by atoms with Crippen LogP contribution in [0.5, 0.6) is 11.5 Å². The van der Waals surface area contributed by atoms with E-state index in [1.807, 2.05) is 13.0 Å². The van der Waals surface area contributed by atoms with E-state index in [2.05, 4.69) is 5.32 Å². The zero-order valence-electron chi connectivity index (χ0n) is 13.3. The maximum absolute atomic E-state index is 13.3. The normalized spacial score (nSPS) is 10.8. The van der Waals surface area contributed by atoms with Crippen LogP contribution >= 0.6 is 0 Å². The molecule has 1 N–H and O–H groups in total. The van der Waals surface area contributed by atoms with Gasteiger partial charge in [0, 0.05) is 18.2 Å². The molecule has 0 saturated heterocycles. The Morgan fingerprint density at radius 3 is 2.79 bits per heavy atom. The van der Waals surface area contributed by atoms with Gasteiger partial charge in [0.25, 0.3) is 5.91 Å². The third kappa shape index (κ3) is 4.68. The van der Waals surface area contributed by atoms with E-state index in [9.17, 15) is 14.4 Å². The highest BCUT2D eigenvalue weighted by atomic mass is 19.1. The van der Waals surface area contributed by atoms with Crippen molar-refractivity contribution in [2.75, 3.05) is 6.54 Å². The minimum atomic E-state index is -0.431. The van der Waals surface area contributed by atoms with Crippen molar-refractivity contribution in [3.05, 3.63) is 65.5 Å². The van der Waals surface area contributed by atoms with Crippen LogP contribution in [0.3, 0.4) is 0 Å². The Balaban J connectivity index is 2.29. The molecule has 0 aliphatic rings. The van der Waals surface area contributed by atoms with Crippen molar-refractivity contribution in [1.82, 2.24) is 5.32 Å². The summed E-state index contributed by atoms with van der Waals surface area (Å²) >= 11 is 0. The van der Waals surface area contributed by atoms with Crippen molar-refractivity contribution >= 4 is 12.0 Å². The Morgan fingerprint density at radius 1 is 1.29 bits per heavy atom. The van der Waals surface area contributed by atoms with Crippen molar-refractivity contribution in [2.24, 2.45) is 0 Å². The molecule has 5 heteroatoms. The van der Waals surface area contributed by atoms with Crippen LogP contribution in [0.4, 0.5) is 4.39 Å². The first-order chi connectivity index (χ1) is 11.6. The Hall–Kier alpha value is -3.13. The quantitative estimate of drug-likeness (QED) is 0.644. The lowest BCUT2D eigenvalue weighted by Gasteiger charge is -2.09. The zero-order chi connectivity index (χ0) is 17.4. The van der Waals surface area contributed by atoms with Gasteiger partial charge in [0.15, 0.2) is 0 Å². The van der Waals surface area contributed by atoms with Gasteiger partial charge < -0.3 is 10.1 Å². The van der Waals surface area contributed by atoms with Crippen molar-refractivity contribution in [3.8, 4) is 17.6 Å². The lowest BCUT2D eigenvalue weighted by molar-refractivity contribution is -0.117. The van der Waals surface area contributed by atoms with E-state index in [0.717, 1.165) is 6.42 Å². The highest BCUT2D eigenvalue weighted by molar-refractivity contribution is 6.01. The summed E-state index contributed by atoms with van der Waals surface area (Å²) < 4.78 is 18.9. The van der Waals surface area contributed by atoms with Crippen LogP contribution < -0.4 is 10.1 Å². The highest BCUT2D eigenvalue weighted by Crippen LogP contribution is 2.27. The molecule has 0 spiro atoms. The molecule has 0 aromatic heterocycles. The first-order valence-corrected chi connectivity index (χ1v) is 7.56. The largest absolute Gasteiger partial charge is 0.457 e. The summed E-state index contributed by atoms with van der Waals surface area (Å²) in [7, 11) is 0. The van der Waals surface area contributed by atoms with Crippen LogP contribution in [0.2, 0.25) is 0 Å². The second-order valence-electron chi connectivity index (χ2n) is 5.02. The fraction of sp³-hybridized carbons (Fsp3) is 0.158. The first kappa shape index (κ1) is 17.2. The van der Waals surface area contributed by atoms with Crippen molar-refractivity contribution in [3.63, 3.8) is 0 Å². The van der Waals surface area contributed by atoms with Crippen molar-refractivity contribution in [2.45, 2.75) is 13.3 Å². The molecular formula is C19H17FN2O2. The van der Waals surface area contributed by atoms with E-state index < -0.39 is 11.7 Å². The number of carbonyl (C=O) groups excluding carboxylic acids is 1. The average Bonchev–Trinajstić information content (AvgIpc) is 2.59. The standard InChI is InChI=1S/C19H17FN2O2/c1-2-10-22-19(23)15(13-21)11-14-6-3-4-9-18(14)24-17-8-5-7-16(20)12-17/h3-9,11-12H,2,10H2,1H3,(H,22,23)/b15-11+. The third-order valence-corrected chi connectivity index (χ3v) is 3.14. The van der Waals surface area contributed by atoms with Gasteiger partial charge in [-0.2, -0.15) is 5.26 Å². The van der Waals surface area contributed by atoms with Crippen LogP contribution in [0.25, 0.3) is 6.08 Å². The fourth-order valence-corrected chi connectivity index (χ4v) is 1.99. The number of halogens is 1. The fourth-order valence-electron chi connectivity index (χ4n) is 1.99. The molecule has 0 aliphatic heterocycles. The maximum Gasteiger partial charge on any atom is 0.261 e. The lowest BCUT2D eigenvalue weighted by atomic mass is 10.1. The molecule has 0 bridgehead atoms. The van der Waals surface area contributed by atoms with E-state index in [4.69, 9.17) is 4.74 Å². The monoisotopic (exact) mass is 324 g/mol. The number of para-hydroxylation sites is 1. The predicted octanol–water partition coefficient (Wildman–Crippen LogP) is 4.05. The maximum atomic E-state index is 13.3. The van der Waals surface area contributed by atoms with Gasteiger partial charge in [-0.05, 0) is 30.7 Å². The molecule has 0 fully saturated rings. The summed E-state index contributed by atoms with van der Waals surface area (Å²) in [5.74, 6) is -0.0685. The predicted molar refractivity (Wildman–Crippen MR) is 89.8 cm³/mol. The Bertz CT molecular complexity index is 794. The van der Waals surface area contributed by atoms with E-state index >= 15 is 0 Å². The summed E-state index contributed by atoms with van der Waals surface area (Å²) in [5, 5.41) is 11.9. The number of rotatable bonds is 6. The number of carbonyl (C=O) groups is 1. The number of hydrogen-bond acceptors (Lipinski definition) is 3. The number of nitrogens with zero attached hydrogens (tertiary/aromatic N) is 1. The SMILES string of the molecule is CCCNC(=O)/C(C#N)=C/c1ccccc1Oc1cccc(F)c1. The molecule has 24 heavy (non-hydrogen) atoms. The molecule has 2 rings (SSSR count). The summed E-state index contributed by atoms with van der Waals surface area (Å²) in [5.41, 5.74) is 0.545. The topological polar surface area (TPSA) is 62.1 Å². The number of hydrogen-bond donors (Lipinski definition) is 1. The Morgan fingerprint density at radius 2 is 2.08 bits per heavy atom. The van der Waals surface area contributed by atoms with Gasteiger partial charge >= 0.3 is 0 Å². The van der Waals surface area contributed by atoms with Gasteiger partial charge in [-0.25, -0.2) is 4.39 Å². The summed E-state index contributed by atoms with van der Waals surface area (Å²) in [6.45, 7) is 2.43. The molecule has 0 atom stereocenters. The van der Waals surface area contributed by atoms with Gasteiger partial charge in [-0.15, -0.1) is 0 Å². The van der Waals surface area contributed by atoms with Crippen LogP contribution in [-0.2, 0) is 4.79 Å². The minimum absolute atomic E-state index is 0.0151.